The zero-order valence-corrected chi connectivity index (χ0v) is 17.9. The lowest BCUT2D eigenvalue weighted by Crippen LogP contribution is -2.66. The van der Waals surface area contributed by atoms with Crippen molar-refractivity contribution in [3.63, 3.8) is 0 Å². The summed E-state index contributed by atoms with van der Waals surface area (Å²) < 4.78 is 39.6. The van der Waals surface area contributed by atoms with Crippen molar-refractivity contribution in [1.29, 1.82) is 0 Å². The number of rotatable bonds is 10. The van der Waals surface area contributed by atoms with E-state index in [1.165, 1.54) is 21.3 Å². The molecule has 0 aromatic rings. The van der Waals surface area contributed by atoms with Gasteiger partial charge in [-0.15, -0.1) is 0 Å². The Balaban J connectivity index is 2.09. The second-order valence-corrected chi connectivity index (χ2v) is 7.06. The number of aliphatic hydroxyl groups is 2. The monoisotopic (exact) mass is 424 g/mol. The Kier molecular flexibility index (Phi) is 10.1. The van der Waals surface area contributed by atoms with E-state index in [1.54, 1.807) is 21.2 Å². The van der Waals surface area contributed by atoms with Crippen molar-refractivity contribution in [3.05, 3.63) is 0 Å². The maximum Gasteiger partial charge on any atom is 0.176 e. The van der Waals surface area contributed by atoms with Gasteiger partial charge in [-0.05, 0) is 14.1 Å². The van der Waals surface area contributed by atoms with Crippen molar-refractivity contribution < 1.29 is 43.4 Å². The van der Waals surface area contributed by atoms with Crippen molar-refractivity contribution in [2.75, 3.05) is 55.7 Å². The molecule has 2 fully saturated rings. The van der Waals surface area contributed by atoms with Crippen LogP contribution in [0.5, 0.6) is 0 Å². The van der Waals surface area contributed by atoms with E-state index >= 15 is 0 Å². The number of aliphatic hydroxyl groups excluding tert-OH is 2. The molecule has 4 unspecified atom stereocenters. The second-order valence-electron chi connectivity index (χ2n) is 7.06. The summed E-state index contributed by atoms with van der Waals surface area (Å²) in [5.41, 5.74) is 0. The van der Waals surface area contributed by atoms with E-state index < -0.39 is 49.2 Å². The van der Waals surface area contributed by atoms with E-state index in [0.717, 1.165) is 0 Å². The molecule has 2 rings (SSSR count). The van der Waals surface area contributed by atoms with E-state index in [9.17, 15) is 10.2 Å². The standard InChI is InChI=1S/C18H36N2O9/c1-19-11-15(24-4)13(22)10(29-17(11)26-6)8-27-18-12(20-2)16(25-5)14(23-3)9(7-21)28-18/h9-22H,7-8H2,1-6H3/t9?,10?,11?,12?,13-,14-,15-,16-,17+,18-/m1/s1. The highest BCUT2D eigenvalue weighted by Crippen LogP contribution is 2.28. The van der Waals surface area contributed by atoms with E-state index in [0.29, 0.717) is 0 Å². The Labute approximate surface area is 171 Å². The predicted octanol–water partition coefficient (Wildman–Crippen LogP) is -2.33. The molecule has 172 valence electrons. The molecule has 11 heteroatoms. The summed E-state index contributed by atoms with van der Waals surface area (Å²) in [6.07, 6.45) is -5.07. The highest BCUT2D eigenvalue weighted by atomic mass is 16.7. The summed E-state index contributed by atoms with van der Waals surface area (Å²) in [7, 11) is 9.66. The number of methoxy groups -OCH3 is 4. The normalized spacial score (nSPS) is 43.4. The third-order valence-electron chi connectivity index (χ3n) is 5.64. The number of hydrogen-bond donors (Lipinski definition) is 4. The second kappa shape index (κ2) is 11.8. The highest BCUT2D eigenvalue weighted by molar-refractivity contribution is 4.96. The van der Waals surface area contributed by atoms with Gasteiger partial charge in [0.2, 0.25) is 0 Å². The number of ether oxygens (including phenoxy) is 7. The largest absolute Gasteiger partial charge is 0.394 e. The summed E-state index contributed by atoms with van der Waals surface area (Å²) >= 11 is 0. The topological polar surface area (TPSA) is 129 Å². The fourth-order valence-corrected chi connectivity index (χ4v) is 4.09. The van der Waals surface area contributed by atoms with Crippen LogP contribution in [0.3, 0.4) is 0 Å². The van der Waals surface area contributed by atoms with Crippen LogP contribution in [-0.4, -0.2) is 127 Å². The molecule has 0 radical (unpaired) electrons. The molecule has 0 aromatic heterocycles. The number of likely N-dealkylation sites (N-methyl/N-ethyl adjacent to an activating group) is 2. The van der Waals surface area contributed by atoms with Gasteiger partial charge in [-0.3, -0.25) is 0 Å². The Bertz CT molecular complexity index is 475. The molecule has 0 bridgehead atoms. The minimum atomic E-state index is -0.945. The Morgan fingerprint density at radius 3 is 1.79 bits per heavy atom. The van der Waals surface area contributed by atoms with Gasteiger partial charge in [-0.25, -0.2) is 0 Å². The first kappa shape index (κ1) is 24.8. The van der Waals surface area contributed by atoms with Crippen LogP contribution in [0.4, 0.5) is 0 Å². The summed E-state index contributed by atoms with van der Waals surface area (Å²) in [6.45, 7) is -0.231. The van der Waals surface area contributed by atoms with Crippen LogP contribution >= 0.6 is 0 Å². The zero-order chi connectivity index (χ0) is 21.6. The quantitative estimate of drug-likeness (QED) is 0.301. The van der Waals surface area contributed by atoms with Gasteiger partial charge in [0.15, 0.2) is 12.6 Å². The van der Waals surface area contributed by atoms with Crippen LogP contribution in [0, 0.1) is 0 Å². The molecule has 4 N–H and O–H groups in total. The first-order valence-electron chi connectivity index (χ1n) is 9.68. The summed E-state index contributed by atoms with van der Waals surface area (Å²) in [5.74, 6) is 0. The summed E-state index contributed by atoms with van der Waals surface area (Å²) in [5, 5.41) is 26.6. The molecule has 2 aliphatic heterocycles. The fraction of sp³-hybridized carbons (Fsp3) is 1.00. The van der Waals surface area contributed by atoms with Crippen LogP contribution < -0.4 is 10.6 Å². The molecule has 29 heavy (non-hydrogen) atoms. The van der Waals surface area contributed by atoms with Gasteiger partial charge in [0.05, 0.1) is 25.3 Å². The van der Waals surface area contributed by atoms with Gasteiger partial charge in [0, 0.05) is 28.4 Å². The molecule has 11 nitrogen and oxygen atoms in total. The van der Waals surface area contributed by atoms with Crippen molar-refractivity contribution in [3.8, 4) is 0 Å². The number of nitrogens with one attached hydrogen (secondary N) is 2. The lowest BCUT2D eigenvalue weighted by atomic mass is 9.96. The molecule has 2 saturated heterocycles. The third kappa shape index (κ3) is 5.25. The molecular weight excluding hydrogens is 388 g/mol. The summed E-state index contributed by atoms with van der Waals surface area (Å²) in [6, 6.07) is -0.707. The van der Waals surface area contributed by atoms with E-state index in [-0.39, 0.29) is 25.3 Å². The van der Waals surface area contributed by atoms with Crippen molar-refractivity contribution in [2.45, 2.75) is 61.3 Å². The van der Waals surface area contributed by atoms with Crippen LogP contribution in [0.15, 0.2) is 0 Å². The minimum absolute atomic E-state index is 0.0202. The van der Waals surface area contributed by atoms with Gasteiger partial charge in [0.25, 0.3) is 0 Å². The van der Waals surface area contributed by atoms with Gasteiger partial charge in [0.1, 0.15) is 36.6 Å². The molecular formula is C18H36N2O9. The first-order chi connectivity index (χ1) is 14.0. The Morgan fingerprint density at radius 2 is 1.31 bits per heavy atom. The Hall–Kier alpha value is -0.440. The van der Waals surface area contributed by atoms with Crippen LogP contribution in [0.25, 0.3) is 0 Å². The molecule has 0 amide bonds. The van der Waals surface area contributed by atoms with Gasteiger partial charge >= 0.3 is 0 Å². The lowest BCUT2D eigenvalue weighted by molar-refractivity contribution is -0.305. The van der Waals surface area contributed by atoms with Gasteiger partial charge < -0.3 is 54.0 Å². The van der Waals surface area contributed by atoms with Gasteiger partial charge in [-0.2, -0.15) is 0 Å². The third-order valence-corrected chi connectivity index (χ3v) is 5.64. The predicted molar refractivity (Wildman–Crippen MR) is 101 cm³/mol. The molecule has 0 aromatic carbocycles. The van der Waals surface area contributed by atoms with Crippen molar-refractivity contribution >= 4 is 0 Å². The van der Waals surface area contributed by atoms with Crippen LogP contribution in [0.1, 0.15) is 0 Å². The molecule has 0 saturated carbocycles. The van der Waals surface area contributed by atoms with Crippen LogP contribution in [-0.2, 0) is 33.2 Å². The smallest absolute Gasteiger partial charge is 0.176 e. The lowest BCUT2D eigenvalue weighted by Gasteiger charge is -2.46. The Morgan fingerprint density at radius 1 is 0.759 bits per heavy atom. The molecule has 0 spiro atoms. The highest BCUT2D eigenvalue weighted by Gasteiger charge is 2.49. The van der Waals surface area contributed by atoms with Crippen molar-refractivity contribution in [1.82, 2.24) is 10.6 Å². The average Bonchev–Trinajstić information content (AvgIpc) is 2.76. The minimum Gasteiger partial charge on any atom is -0.394 e. The maximum absolute atomic E-state index is 10.7. The van der Waals surface area contributed by atoms with Gasteiger partial charge in [-0.1, -0.05) is 0 Å². The maximum atomic E-state index is 10.7. The zero-order valence-electron chi connectivity index (χ0n) is 17.9. The van der Waals surface area contributed by atoms with Crippen molar-refractivity contribution in [2.24, 2.45) is 0 Å². The molecule has 10 atom stereocenters. The van der Waals surface area contributed by atoms with E-state index in [4.69, 9.17) is 33.2 Å². The molecule has 2 heterocycles. The molecule has 2 aliphatic rings. The summed E-state index contributed by atoms with van der Waals surface area (Å²) in [4.78, 5) is 0. The van der Waals surface area contributed by atoms with E-state index in [2.05, 4.69) is 10.6 Å². The SMILES string of the molecule is CNC1[C@@H](OC)OC(CO[C@@H]2OC(CO)[C@@H](OC)[C@H](OC)C2NC)[C@@H](O)[C@@H]1OC. The first-order valence-corrected chi connectivity index (χ1v) is 9.68. The fourth-order valence-electron chi connectivity index (χ4n) is 4.09. The number of hydrogen-bond acceptors (Lipinski definition) is 11. The molecule has 0 aliphatic carbocycles. The average molecular weight is 424 g/mol. The van der Waals surface area contributed by atoms with Crippen LogP contribution in [0.2, 0.25) is 0 Å². The van der Waals surface area contributed by atoms with E-state index in [1.807, 2.05) is 0 Å².